The summed E-state index contributed by atoms with van der Waals surface area (Å²) in [6, 6.07) is 2.56. The van der Waals surface area contributed by atoms with E-state index in [4.69, 9.17) is 9.47 Å². The second-order valence-electron chi connectivity index (χ2n) is 6.00. The van der Waals surface area contributed by atoms with Gasteiger partial charge in [-0.25, -0.2) is 0 Å². The Morgan fingerprint density at radius 1 is 1.04 bits per heavy atom. The van der Waals surface area contributed by atoms with Crippen LogP contribution < -0.4 is 14.2 Å². The van der Waals surface area contributed by atoms with E-state index in [-0.39, 0.29) is 24.2 Å². The van der Waals surface area contributed by atoms with Gasteiger partial charge in [0.25, 0.3) is 0 Å². The largest absolute Gasteiger partial charge is 0.573 e. The van der Waals surface area contributed by atoms with Gasteiger partial charge in [0.2, 0.25) is 11.6 Å². The maximum atomic E-state index is 14.3. The summed E-state index contributed by atoms with van der Waals surface area (Å²) in [5.74, 6) is -2.02. The monoisotopic (exact) mass is 334 g/mol. The van der Waals surface area contributed by atoms with Crippen molar-refractivity contribution in [2.75, 3.05) is 6.61 Å². The fourth-order valence-electron chi connectivity index (χ4n) is 2.35. The van der Waals surface area contributed by atoms with Crippen LogP contribution in [0.1, 0.15) is 38.5 Å². The predicted molar refractivity (Wildman–Crippen MR) is 74.2 cm³/mol. The minimum absolute atomic E-state index is 0.188. The van der Waals surface area contributed by atoms with E-state index < -0.39 is 17.9 Å². The van der Waals surface area contributed by atoms with Crippen LogP contribution in [0.3, 0.4) is 0 Å². The normalized spacial score (nSPS) is 18.4. The maximum Gasteiger partial charge on any atom is 0.573 e. The zero-order valence-electron chi connectivity index (χ0n) is 12.5. The second kappa shape index (κ2) is 6.45. The van der Waals surface area contributed by atoms with E-state index in [0.29, 0.717) is 5.92 Å². The first kappa shape index (κ1) is 16.2. The molecule has 0 bridgehead atoms. The van der Waals surface area contributed by atoms with Gasteiger partial charge in [0.15, 0.2) is 11.5 Å². The fraction of sp³-hybridized carbons (Fsp3) is 0.625. The summed E-state index contributed by atoms with van der Waals surface area (Å²) in [5.41, 5.74) is 0. The lowest BCUT2D eigenvalue weighted by Crippen LogP contribution is -2.26. The number of hydrogen-bond donors (Lipinski definition) is 0. The van der Waals surface area contributed by atoms with Gasteiger partial charge in [-0.15, -0.1) is 13.2 Å². The van der Waals surface area contributed by atoms with Crippen molar-refractivity contribution in [3.8, 4) is 17.2 Å². The molecule has 0 heterocycles. The first-order valence-electron chi connectivity index (χ1n) is 7.80. The van der Waals surface area contributed by atoms with Crippen LogP contribution in [0.4, 0.5) is 17.6 Å². The zero-order chi connectivity index (χ0) is 16.4. The molecule has 3 rings (SSSR count). The number of halogens is 4. The third-order valence-electron chi connectivity index (χ3n) is 4.07. The van der Waals surface area contributed by atoms with Crippen LogP contribution in [-0.4, -0.2) is 19.1 Å². The highest BCUT2D eigenvalue weighted by Crippen LogP contribution is 2.41. The summed E-state index contributed by atoms with van der Waals surface area (Å²) in [6.07, 6.45) is 0.280. The molecule has 0 aliphatic heterocycles. The third kappa shape index (κ3) is 4.42. The van der Waals surface area contributed by atoms with Crippen LogP contribution in [-0.2, 0) is 0 Å². The average molecular weight is 334 g/mol. The van der Waals surface area contributed by atoms with Gasteiger partial charge in [0, 0.05) is 0 Å². The summed E-state index contributed by atoms with van der Waals surface area (Å²) < 4.78 is 66.5. The minimum atomic E-state index is -4.99. The van der Waals surface area contributed by atoms with Gasteiger partial charge in [-0.05, 0) is 43.7 Å². The lowest BCUT2D eigenvalue weighted by atomic mass is 9.96. The van der Waals surface area contributed by atoms with Crippen LogP contribution in [0.25, 0.3) is 0 Å². The number of rotatable bonds is 7. The van der Waals surface area contributed by atoms with Crippen LogP contribution in [0.2, 0.25) is 0 Å². The lowest BCUT2D eigenvalue weighted by molar-refractivity contribution is -0.276. The van der Waals surface area contributed by atoms with E-state index >= 15 is 0 Å². The molecule has 0 radical (unpaired) electrons. The van der Waals surface area contributed by atoms with Crippen molar-refractivity contribution in [3.63, 3.8) is 0 Å². The van der Waals surface area contributed by atoms with Crippen molar-refractivity contribution in [2.45, 2.75) is 51.0 Å². The van der Waals surface area contributed by atoms with E-state index in [1.165, 1.54) is 12.1 Å². The van der Waals surface area contributed by atoms with Crippen molar-refractivity contribution >= 4 is 0 Å². The van der Waals surface area contributed by atoms with Gasteiger partial charge in [-0.1, -0.05) is 12.8 Å². The summed E-state index contributed by atoms with van der Waals surface area (Å²) in [4.78, 5) is 0. The van der Waals surface area contributed by atoms with Crippen molar-refractivity contribution in [1.29, 1.82) is 0 Å². The molecular formula is C16H18F4O3. The molecule has 128 valence electrons. The van der Waals surface area contributed by atoms with Gasteiger partial charge < -0.3 is 14.2 Å². The molecule has 2 fully saturated rings. The summed E-state index contributed by atoms with van der Waals surface area (Å²) in [7, 11) is 0. The predicted octanol–water partition coefficient (Wildman–Crippen LogP) is 4.83. The van der Waals surface area contributed by atoms with E-state index in [9.17, 15) is 17.6 Å². The van der Waals surface area contributed by atoms with E-state index in [2.05, 4.69) is 4.74 Å². The Kier molecular flexibility index (Phi) is 4.55. The van der Waals surface area contributed by atoms with Gasteiger partial charge >= 0.3 is 6.36 Å². The Morgan fingerprint density at radius 3 is 2.30 bits per heavy atom. The molecule has 23 heavy (non-hydrogen) atoms. The lowest BCUT2D eigenvalue weighted by Gasteiger charge is -2.27. The average Bonchev–Trinajstić information content (AvgIpc) is 3.22. The van der Waals surface area contributed by atoms with Crippen LogP contribution >= 0.6 is 0 Å². The van der Waals surface area contributed by atoms with E-state index in [1.807, 2.05) is 0 Å². The molecule has 0 N–H and O–H groups in total. The van der Waals surface area contributed by atoms with Crippen LogP contribution in [0.5, 0.6) is 17.2 Å². The molecule has 7 heteroatoms. The van der Waals surface area contributed by atoms with Gasteiger partial charge in [0.05, 0.1) is 12.7 Å². The Morgan fingerprint density at radius 2 is 1.74 bits per heavy atom. The molecule has 2 aliphatic carbocycles. The molecule has 0 spiro atoms. The Labute approximate surface area is 131 Å². The molecular weight excluding hydrogens is 316 g/mol. The summed E-state index contributed by atoms with van der Waals surface area (Å²) >= 11 is 0. The molecule has 1 aromatic carbocycles. The number of hydrogen-bond acceptors (Lipinski definition) is 3. The first-order valence-corrected chi connectivity index (χ1v) is 7.80. The number of benzene rings is 1. The molecule has 1 aromatic rings. The highest BCUT2D eigenvalue weighted by Gasteiger charge is 2.36. The fourth-order valence-corrected chi connectivity index (χ4v) is 2.35. The highest BCUT2D eigenvalue weighted by atomic mass is 19.4. The van der Waals surface area contributed by atoms with Crippen molar-refractivity contribution in [2.24, 2.45) is 5.92 Å². The highest BCUT2D eigenvalue weighted by molar-refractivity contribution is 5.47. The van der Waals surface area contributed by atoms with Gasteiger partial charge in [-0.3, -0.25) is 0 Å². The Hall–Kier alpha value is -1.66. The first-order chi connectivity index (χ1) is 10.9. The topological polar surface area (TPSA) is 27.7 Å². The molecule has 0 aromatic heterocycles. The molecule has 0 saturated heterocycles. The quantitative estimate of drug-likeness (QED) is 0.668. The Balaban J connectivity index is 1.75. The van der Waals surface area contributed by atoms with Crippen LogP contribution in [0.15, 0.2) is 12.1 Å². The summed E-state index contributed by atoms with van der Waals surface area (Å²) in [5, 5.41) is 0. The smallest absolute Gasteiger partial charge is 0.490 e. The van der Waals surface area contributed by atoms with Crippen molar-refractivity contribution in [3.05, 3.63) is 17.9 Å². The summed E-state index contributed by atoms with van der Waals surface area (Å²) in [6.45, 7) is 0.274. The van der Waals surface area contributed by atoms with Crippen molar-refractivity contribution in [1.82, 2.24) is 0 Å². The Bertz CT molecular complexity index is 551. The molecule has 0 atom stereocenters. The molecule has 2 saturated carbocycles. The number of ether oxygens (including phenoxy) is 3. The van der Waals surface area contributed by atoms with E-state index in [1.54, 1.807) is 0 Å². The standard InChI is InChI=1S/C16H18F4O3/c17-14-12(21-9-8-10-4-5-10)6-7-13(22-11-2-1-3-11)15(14)23-16(18,19)20/h6-7,10-11H,1-5,8-9H2. The van der Waals surface area contributed by atoms with E-state index in [0.717, 1.165) is 38.5 Å². The molecule has 2 aliphatic rings. The van der Waals surface area contributed by atoms with Crippen molar-refractivity contribution < 1.29 is 31.8 Å². The zero-order valence-corrected chi connectivity index (χ0v) is 12.5. The van der Waals surface area contributed by atoms with Crippen LogP contribution in [0, 0.1) is 11.7 Å². The SMILES string of the molecule is Fc1c(OCCC2CC2)ccc(OC2CCC2)c1OC(F)(F)F. The van der Waals surface area contributed by atoms with Gasteiger partial charge in [-0.2, -0.15) is 4.39 Å². The van der Waals surface area contributed by atoms with Gasteiger partial charge in [0.1, 0.15) is 0 Å². The molecule has 0 unspecified atom stereocenters. The third-order valence-corrected chi connectivity index (χ3v) is 4.07. The minimum Gasteiger partial charge on any atom is -0.490 e. The second-order valence-corrected chi connectivity index (χ2v) is 6.00. The molecule has 0 amide bonds. The number of alkyl halides is 3. The maximum absolute atomic E-state index is 14.3. The molecule has 3 nitrogen and oxygen atoms in total.